The fourth-order valence-electron chi connectivity index (χ4n) is 1.64. The molecule has 0 fully saturated rings. The van der Waals surface area contributed by atoms with E-state index < -0.39 is 0 Å². The molecule has 0 atom stereocenters. The standard InChI is InChI=1S/C11H15N5O/c1-2-15-6-7-16(11(15)17)8-9-4-3-5-10(13-9)14-12/h3-7H,2,8,12H2,1H3,(H,13,14). The van der Waals surface area contributed by atoms with Crippen LogP contribution < -0.4 is 17.0 Å². The van der Waals surface area contributed by atoms with Crippen LogP contribution in [0.4, 0.5) is 5.82 Å². The molecule has 0 aliphatic rings. The maximum Gasteiger partial charge on any atom is 0.328 e. The van der Waals surface area contributed by atoms with Crippen molar-refractivity contribution in [2.24, 2.45) is 5.84 Å². The van der Waals surface area contributed by atoms with Crippen LogP contribution in [0.25, 0.3) is 0 Å². The lowest BCUT2D eigenvalue weighted by molar-refractivity contribution is 0.662. The van der Waals surface area contributed by atoms with Gasteiger partial charge in [0.1, 0.15) is 5.82 Å². The van der Waals surface area contributed by atoms with Gasteiger partial charge in [-0.2, -0.15) is 0 Å². The molecule has 6 nitrogen and oxygen atoms in total. The number of hydrogen-bond donors (Lipinski definition) is 2. The first-order chi connectivity index (χ1) is 8.24. The largest absolute Gasteiger partial charge is 0.328 e. The number of nitrogen functional groups attached to an aromatic ring is 1. The van der Waals surface area contributed by atoms with Gasteiger partial charge in [-0.25, -0.2) is 15.6 Å². The van der Waals surface area contributed by atoms with E-state index in [1.165, 1.54) is 0 Å². The quantitative estimate of drug-likeness (QED) is 0.592. The third-order valence-corrected chi connectivity index (χ3v) is 2.55. The summed E-state index contributed by atoms with van der Waals surface area (Å²) in [6, 6.07) is 5.47. The van der Waals surface area contributed by atoms with E-state index >= 15 is 0 Å². The van der Waals surface area contributed by atoms with Crippen LogP contribution in [0.2, 0.25) is 0 Å². The number of hydrogen-bond acceptors (Lipinski definition) is 4. The van der Waals surface area contributed by atoms with Gasteiger partial charge in [-0.3, -0.25) is 9.13 Å². The van der Waals surface area contributed by atoms with Crippen molar-refractivity contribution >= 4 is 5.82 Å². The molecule has 0 aliphatic heterocycles. The molecule has 2 aromatic rings. The summed E-state index contributed by atoms with van der Waals surface area (Å²) in [4.78, 5) is 16.1. The molecule has 2 aromatic heterocycles. The van der Waals surface area contributed by atoms with Gasteiger partial charge in [-0.05, 0) is 19.1 Å². The van der Waals surface area contributed by atoms with Gasteiger partial charge in [-0.1, -0.05) is 6.07 Å². The number of pyridine rings is 1. The Labute approximate surface area is 98.7 Å². The minimum Gasteiger partial charge on any atom is -0.308 e. The van der Waals surface area contributed by atoms with E-state index in [-0.39, 0.29) is 5.69 Å². The molecule has 0 amide bonds. The molecule has 0 spiro atoms. The smallest absolute Gasteiger partial charge is 0.308 e. The van der Waals surface area contributed by atoms with E-state index in [0.717, 1.165) is 5.69 Å². The molecular weight excluding hydrogens is 218 g/mol. The van der Waals surface area contributed by atoms with Crippen molar-refractivity contribution in [3.05, 3.63) is 46.8 Å². The Morgan fingerprint density at radius 1 is 1.35 bits per heavy atom. The monoisotopic (exact) mass is 233 g/mol. The first kappa shape index (κ1) is 11.4. The summed E-state index contributed by atoms with van der Waals surface area (Å²) >= 11 is 0. The van der Waals surface area contributed by atoms with Crippen LogP contribution in [0.15, 0.2) is 35.4 Å². The summed E-state index contributed by atoms with van der Waals surface area (Å²) in [6.45, 7) is 3.05. The fourth-order valence-corrected chi connectivity index (χ4v) is 1.64. The average Bonchev–Trinajstić information content (AvgIpc) is 2.71. The van der Waals surface area contributed by atoms with Crippen molar-refractivity contribution < 1.29 is 0 Å². The van der Waals surface area contributed by atoms with Crippen molar-refractivity contribution in [1.82, 2.24) is 14.1 Å². The molecule has 17 heavy (non-hydrogen) atoms. The number of nitrogens with one attached hydrogen (secondary N) is 1. The highest BCUT2D eigenvalue weighted by Gasteiger charge is 2.03. The van der Waals surface area contributed by atoms with Gasteiger partial charge in [0.25, 0.3) is 0 Å². The van der Waals surface area contributed by atoms with E-state index in [4.69, 9.17) is 5.84 Å². The normalized spacial score (nSPS) is 10.5. The first-order valence-electron chi connectivity index (χ1n) is 5.42. The summed E-state index contributed by atoms with van der Waals surface area (Å²) in [5.74, 6) is 5.87. The number of aromatic nitrogens is 3. The van der Waals surface area contributed by atoms with Crippen molar-refractivity contribution in [2.45, 2.75) is 20.0 Å². The number of hydrazine groups is 1. The number of rotatable bonds is 4. The van der Waals surface area contributed by atoms with Crippen molar-refractivity contribution in [3.8, 4) is 0 Å². The molecule has 3 N–H and O–H groups in total. The zero-order valence-electron chi connectivity index (χ0n) is 9.63. The SMILES string of the molecule is CCn1ccn(Cc2cccc(NN)n2)c1=O. The van der Waals surface area contributed by atoms with E-state index in [1.807, 2.05) is 19.1 Å². The molecule has 0 aromatic carbocycles. The van der Waals surface area contributed by atoms with Crippen LogP contribution in [0.5, 0.6) is 0 Å². The van der Waals surface area contributed by atoms with Crippen LogP contribution in [0.3, 0.4) is 0 Å². The highest BCUT2D eigenvalue weighted by atomic mass is 16.1. The topological polar surface area (TPSA) is 77.9 Å². The van der Waals surface area contributed by atoms with Gasteiger partial charge in [0.15, 0.2) is 0 Å². The van der Waals surface area contributed by atoms with E-state index in [0.29, 0.717) is 18.9 Å². The van der Waals surface area contributed by atoms with Crippen LogP contribution in [0, 0.1) is 0 Å². The Morgan fingerprint density at radius 3 is 2.76 bits per heavy atom. The fraction of sp³-hybridized carbons (Fsp3) is 0.273. The van der Waals surface area contributed by atoms with Crippen molar-refractivity contribution in [1.29, 1.82) is 0 Å². The highest BCUT2D eigenvalue weighted by Crippen LogP contribution is 2.04. The first-order valence-corrected chi connectivity index (χ1v) is 5.42. The molecule has 0 saturated carbocycles. The molecule has 2 rings (SSSR count). The summed E-state index contributed by atoms with van der Waals surface area (Å²) < 4.78 is 3.26. The van der Waals surface area contributed by atoms with Crippen LogP contribution in [-0.4, -0.2) is 14.1 Å². The van der Waals surface area contributed by atoms with Gasteiger partial charge in [0, 0.05) is 18.9 Å². The van der Waals surface area contributed by atoms with Crippen LogP contribution >= 0.6 is 0 Å². The molecule has 6 heteroatoms. The summed E-state index contributed by atoms with van der Waals surface area (Å²) in [5, 5.41) is 0. The number of anilines is 1. The van der Waals surface area contributed by atoms with Crippen molar-refractivity contribution in [2.75, 3.05) is 5.43 Å². The molecule has 0 unspecified atom stereocenters. The predicted molar refractivity (Wildman–Crippen MR) is 65.5 cm³/mol. The number of nitrogens with zero attached hydrogens (tertiary/aromatic N) is 3. The molecule has 0 bridgehead atoms. The minimum atomic E-state index is -0.0274. The van der Waals surface area contributed by atoms with Gasteiger partial charge in [0.2, 0.25) is 0 Å². The molecule has 90 valence electrons. The number of imidazole rings is 1. The Balaban J connectivity index is 2.25. The molecule has 2 heterocycles. The lowest BCUT2D eigenvalue weighted by atomic mass is 10.3. The number of aryl methyl sites for hydroxylation is 1. The Hall–Kier alpha value is -2.08. The lowest BCUT2D eigenvalue weighted by Gasteiger charge is -2.04. The van der Waals surface area contributed by atoms with E-state index in [1.54, 1.807) is 27.6 Å². The third-order valence-electron chi connectivity index (χ3n) is 2.55. The maximum atomic E-state index is 11.8. The third kappa shape index (κ3) is 2.36. The van der Waals surface area contributed by atoms with Gasteiger partial charge in [0.05, 0.1) is 12.2 Å². The average molecular weight is 233 g/mol. The van der Waals surface area contributed by atoms with E-state index in [2.05, 4.69) is 10.4 Å². The summed E-state index contributed by atoms with van der Waals surface area (Å²) in [5.41, 5.74) is 3.24. The summed E-state index contributed by atoms with van der Waals surface area (Å²) in [7, 11) is 0. The predicted octanol–water partition coefficient (Wildman–Crippen LogP) is 0.399. The zero-order chi connectivity index (χ0) is 12.3. The van der Waals surface area contributed by atoms with Gasteiger partial charge >= 0.3 is 5.69 Å². The second-order valence-electron chi connectivity index (χ2n) is 3.65. The summed E-state index contributed by atoms with van der Waals surface area (Å²) in [6.07, 6.45) is 3.53. The molecule has 0 aliphatic carbocycles. The van der Waals surface area contributed by atoms with Gasteiger partial charge in [-0.15, -0.1) is 0 Å². The Bertz CT molecular complexity index is 557. The highest BCUT2D eigenvalue weighted by molar-refractivity contribution is 5.33. The maximum absolute atomic E-state index is 11.8. The zero-order valence-corrected chi connectivity index (χ0v) is 9.63. The lowest BCUT2D eigenvalue weighted by Crippen LogP contribution is -2.24. The molecular formula is C11H15N5O. The minimum absolute atomic E-state index is 0.0274. The van der Waals surface area contributed by atoms with Crippen LogP contribution in [0.1, 0.15) is 12.6 Å². The van der Waals surface area contributed by atoms with Crippen LogP contribution in [-0.2, 0) is 13.1 Å². The Morgan fingerprint density at radius 2 is 2.12 bits per heavy atom. The number of nitrogens with two attached hydrogens (primary N) is 1. The van der Waals surface area contributed by atoms with Crippen molar-refractivity contribution in [3.63, 3.8) is 0 Å². The molecule has 0 radical (unpaired) electrons. The molecule has 0 saturated heterocycles. The Kier molecular flexibility index (Phi) is 3.24. The second-order valence-corrected chi connectivity index (χ2v) is 3.65. The van der Waals surface area contributed by atoms with Gasteiger partial charge < -0.3 is 5.43 Å². The second kappa shape index (κ2) is 4.84. The van der Waals surface area contributed by atoms with E-state index in [9.17, 15) is 4.79 Å².